The average Bonchev–Trinajstić information content (AvgIpc) is 2.47. The van der Waals surface area contributed by atoms with E-state index in [0.717, 1.165) is 12.8 Å². The van der Waals surface area contributed by atoms with Crippen LogP contribution in [0.4, 0.5) is 0 Å². The summed E-state index contributed by atoms with van der Waals surface area (Å²) in [7, 11) is 0. The molecular formula is C18H30N2O. The van der Waals surface area contributed by atoms with Crippen molar-refractivity contribution in [3.8, 4) is 5.75 Å². The smallest absolute Gasteiger partial charge is 0.115 e. The molecule has 1 fully saturated rings. The van der Waals surface area contributed by atoms with Crippen LogP contribution in [0, 0.1) is 0 Å². The molecule has 118 valence electrons. The van der Waals surface area contributed by atoms with Crippen LogP contribution in [0.3, 0.4) is 0 Å². The number of phenols is 1. The lowest BCUT2D eigenvalue weighted by atomic mass is 9.98. The van der Waals surface area contributed by atoms with Crippen LogP contribution in [-0.2, 0) is 6.42 Å². The summed E-state index contributed by atoms with van der Waals surface area (Å²) < 4.78 is 0. The fourth-order valence-corrected chi connectivity index (χ4v) is 3.23. The van der Waals surface area contributed by atoms with Gasteiger partial charge in [-0.2, -0.15) is 0 Å². The Balaban J connectivity index is 1.65. The molecule has 0 spiro atoms. The van der Waals surface area contributed by atoms with Crippen LogP contribution in [0.2, 0.25) is 0 Å². The van der Waals surface area contributed by atoms with Crippen molar-refractivity contribution < 1.29 is 5.11 Å². The van der Waals surface area contributed by atoms with Crippen molar-refractivity contribution in [2.45, 2.75) is 70.5 Å². The minimum Gasteiger partial charge on any atom is -0.508 e. The van der Waals surface area contributed by atoms with Crippen molar-refractivity contribution in [2.75, 3.05) is 6.54 Å². The number of nitrogens with one attached hydrogen (secondary N) is 2. The third-order valence-electron chi connectivity index (χ3n) is 4.42. The molecule has 3 atom stereocenters. The molecule has 1 saturated heterocycles. The van der Waals surface area contributed by atoms with E-state index in [-0.39, 0.29) is 0 Å². The van der Waals surface area contributed by atoms with Crippen molar-refractivity contribution >= 4 is 0 Å². The minimum atomic E-state index is 0.346. The molecule has 0 saturated carbocycles. The molecule has 0 bridgehead atoms. The van der Waals surface area contributed by atoms with Gasteiger partial charge in [-0.1, -0.05) is 18.6 Å². The first-order valence-corrected chi connectivity index (χ1v) is 8.41. The topological polar surface area (TPSA) is 44.3 Å². The standard InChI is InChI=1S/C18H30N2O/c1-14(6-7-16-8-10-18(21)11-9-16)20-15(2)13-17-5-3-4-12-19-17/h8-11,14-15,17,19-21H,3-7,12-13H2,1-2H3. The first kappa shape index (κ1) is 16.3. The number of benzene rings is 1. The zero-order valence-electron chi connectivity index (χ0n) is 13.4. The highest BCUT2D eigenvalue weighted by Crippen LogP contribution is 2.14. The van der Waals surface area contributed by atoms with Crippen LogP contribution in [-0.4, -0.2) is 29.8 Å². The van der Waals surface area contributed by atoms with Crippen molar-refractivity contribution in [2.24, 2.45) is 0 Å². The van der Waals surface area contributed by atoms with E-state index in [2.05, 4.69) is 24.5 Å². The second kappa shape index (κ2) is 8.40. The third-order valence-corrected chi connectivity index (χ3v) is 4.42. The number of hydrogen-bond acceptors (Lipinski definition) is 3. The number of aromatic hydroxyl groups is 1. The van der Waals surface area contributed by atoms with Crippen molar-refractivity contribution in [3.05, 3.63) is 29.8 Å². The summed E-state index contributed by atoms with van der Waals surface area (Å²) in [5.41, 5.74) is 1.29. The molecule has 0 aliphatic carbocycles. The second-order valence-electron chi connectivity index (χ2n) is 6.56. The number of piperidine rings is 1. The monoisotopic (exact) mass is 290 g/mol. The van der Waals surface area contributed by atoms with Gasteiger partial charge in [0.15, 0.2) is 0 Å². The Kier molecular flexibility index (Phi) is 6.52. The van der Waals surface area contributed by atoms with Gasteiger partial charge in [-0.05, 0) is 70.2 Å². The van der Waals surface area contributed by atoms with Gasteiger partial charge in [-0.15, -0.1) is 0 Å². The zero-order valence-corrected chi connectivity index (χ0v) is 13.4. The normalized spacial score (nSPS) is 21.9. The van der Waals surface area contributed by atoms with E-state index < -0.39 is 0 Å². The highest BCUT2D eigenvalue weighted by Gasteiger charge is 2.16. The Morgan fingerprint density at radius 1 is 1.19 bits per heavy atom. The average molecular weight is 290 g/mol. The maximum Gasteiger partial charge on any atom is 0.115 e. The summed E-state index contributed by atoms with van der Waals surface area (Å²) >= 11 is 0. The van der Waals surface area contributed by atoms with Gasteiger partial charge in [0, 0.05) is 18.1 Å². The van der Waals surface area contributed by atoms with Crippen molar-refractivity contribution in [1.29, 1.82) is 0 Å². The lowest BCUT2D eigenvalue weighted by Crippen LogP contribution is -2.42. The number of hydrogen-bond donors (Lipinski definition) is 3. The van der Waals surface area contributed by atoms with E-state index in [1.165, 1.54) is 37.8 Å². The molecule has 1 aliphatic heterocycles. The number of phenolic OH excluding ortho intramolecular Hbond substituents is 1. The van der Waals surface area contributed by atoms with E-state index in [0.29, 0.717) is 23.9 Å². The first-order chi connectivity index (χ1) is 10.1. The van der Waals surface area contributed by atoms with Gasteiger partial charge in [-0.3, -0.25) is 0 Å². The molecule has 0 radical (unpaired) electrons. The van der Waals surface area contributed by atoms with Gasteiger partial charge in [0.05, 0.1) is 0 Å². The van der Waals surface area contributed by atoms with Gasteiger partial charge < -0.3 is 15.7 Å². The molecular weight excluding hydrogens is 260 g/mol. The van der Waals surface area contributed by atoms with Crippen LogP contribution in [0.5, 0.6) is 5.75 Å². The van der Waals surface area contributed by atoms with Crippen LogP contribution in [0.15, 0.2) is 24.3 Å². The van der Waals surface area contributed by atoms with Gasteiger partial charge >= 0.3 is 0 Å². The first-order valence-electron chi connectivity index (χ1n) is 8.41. The summed E-state index contributed by atoms with van der Waals surface area (Å²) in [6, 6.07) is 9.35. The molecule has 3 nitrogen and oxygen atoms in total. The molecule has 3 heteroatoms. The lowest BCUT2D eigenvalue weighted by molar-refractivity contribution is 0.329. The second-order valence-corrected chi connectivity index (χ2v) is 6.56. The van der Waals surface area contributed by atoms with Crippen LogP contribution in [0.25, 0.3) is 0 Å². The predicted octanol–water partition coefficient (Wildman–Crippen LogP) is 3.22. The van der Waals surface area contributed by atoms with E-state index in [1.807, 2.05) is 12.1 Å². The third kappa shape index (κ3) is 6.06. The highest BCUT2D eigenvalue weighted by molar-refractivity contribution is 5.25. The van der Waals surface area contributed by atoms with Gasteiger partial charge in [0.1, 0.15) is 5.75 Å². The van der Waals surface area contributed by atoms with E-state index in [1.54, 1.807) is 12.1 Å². The van der Waals surface area contributed by atoms with Gasteiger partial charge in [-0.25, -0.2) is 0 Å². The fraction of sp³-hybridized carbons (Fsp3) is 0.667. The lowest BCUT2D eigenvalue weighted by Gasteiger charge is -2.28. The zero-order chi connectivity index (χ0) is 15.1. The Labute approximate surface area is 129 Å². The molecule has 3 unspecified atom stereocenters. The summed E-state index contributed by atoms with van der Waals surface area (Å²) in [4.78, 5) is 0. The Bertz CT molecular complexity index is 398. The molecule has 1 aliphatic rings. The largest absolute Gasteiger partial charge is 0.508 e. The molecule has 1 aromatic carbocycles. The maximum atomic E-state index is 9.29. The summed E-state index contributed by atoms with van der Waals surface area (Å²) in [6.07, 6.45) is 7.45. The maximum absolute atomic E-state index is 9.29. The summed E-state index contributed by atoms with van der Waals surface area (Å²) in [5.74, 6) is 0.346. The van der Waals surface area contributed by atoms with E-state index >= 15 is 0 Å². The molecule has 0 aromatic heterocycles. The molecule has 21 heavy (non-hydrogen) atoms. The number of aryl methyl sites for hydroxylation is 1. The highest BCUT2D eigenvalue weighted by atomic mass is 16.3. The van der Waals surface area contributed by atoms with Gasteiger partial charge in [0.2, 0.25) is 0 Å². The Morgan fingerprint density at radius 3 is 2.62 bits per heavy atom. The van der Waals surface area contributed by atoms with Crippen LogP contribution < -0.4 is 10.6 Å². The van der Waals surface area contributed by atoms with Crippen LogP contribution in [0.1, 0.15) is 51.5 Å². The number of rotatable bonds is 7. The Hall–Kier alpha value is -1.06. The van der Waals surface area contributed by atoms with Crippen molar-refractivity contribution in [1.82, 2.24) is 10.6 Å². The molecule has 0 amide bonds. The van der Waals surface area contributed by atoms with E-state index in [9.17, 15) is 5.11 Å². The summed E-state index contributed by atoms with van der Waals surface area (Å²) in [5, 5.41) is 16.6. The molecule has 1 heterocycles. The molecule has 3 N–H and O–H groups in total. The predicted molar refractivity (Wildman–Crippen MR) is 88.7 cm³/mol. The SMILES string of the molecule is CC(CCc1ccc(O)cc1)NC(C)CC1CCCCN1. The summed E-state index contributed by atoms with van der Waals surface area (Å²) in [6.45, 7) is 5.76. The van der Waals surface area contributed by atoms with E-state index in [4.69, 9.17) is 0 Å². The Morgan fingerprint density at radius 2 is 1.95 bits per heavy atom. The fourth-order valence-electron chi connectivity index (χ4n) is 3.23. The molecule has 2 rings (SSSR count). The van der Waals surface area contributed by atoms with Crippen molar-refractivity contribution in [3.63, 3.8) is 0 Å². The van der Waals surface area contributed by atoms with Gasteiger partial charge in [0.25, 0.3) is 0 Å². The van der Waals surface area contributed by atoms with Crippen LogP contribution >= 0.6 is 0 Å². The molecule has 1 aromatic rings. The minimum absolute atomic E-state index is 0.346. The quantitative estimate of drug-likeness (QED) is 0.722.